The molecule has 11 heteroatoms. The van der Waals surface area contributed by atoms with Crippen LogP contribution >= 0.6 is 46.7 Å². The van der Waals surface area contributed by atoms with Crippen molar-refractivity contribution in [2.24, 2.45) is 0 Å². The maximum atomic E-state index is 13.3. The quantitative estimate of drug-likeness (QED) is 0.263. The molecule has 29 heavy (non-hydrogen) atoms. The molecule has 1 N–H and O–H groups in total. The number of anilines is 1. The maximum Gasteiger partial charge on any atom is 0.278 e. The lowest BCUT2D eigenvalue weighted by Gasteiger charge is -2.12. The van der Waals surface area contributed by atoms with Crippen molar-refractivity contribution in [3.63, 3.8) is 0 Å². The van der Waals surface area contributed by atoms with E-state index in [1.165, 1.54) is 39.0 Å². The Balaban J connectivity index is 1.77. The summed E-state index contributed by atoms with van der Waals surface area (Å²) in [4.78, 5) is 34.4. The number of nitrogens with one attached hydrogen (secondary N) is 1. The van der Waals surface area contributed by atoms with Gasteiger partial charge in [0, 0.05) is 18.1 Å². The first-order valence-electron chi connectivity index (χ1n) is 8.62. The van der Waals surface area contributed by atoms with Crippen molar-refractivity contribution < 1.29 is 4.79 Å². The number of aryl methyl sites for hydroxylation is 1. The van der Waals surface area contributed by atoms with E-state index in [0.717, 1.165) is 0 Å². The minimum absolute atomic E-state index is 0.0986. The van der Waals surface area contributed by atoms with Gasteiger partial charge in [-0.05, 0) is 31.3 Å². The van der Waals surface area contributed by atoms with Crippen LogP contribution in [0.5, 0.6) is 0 Å². The van der Waals surface area contributed by atoms with Crippen LogP contribution < -0.4 is 10.9 Å². The molecule has 0 saturated carbocycles. The third-order valence-corrected chi connectivity index (χ3v) is 7.05. The Bertz CT molecular complexity index is 1280. The van der Waals surface area contributed by atoms with Gasteiger partial charge in [0.25, 0.3) is 5.56 Å². The Hall–Kier alpha value is -2.34. The predicted molar refractivity (Wildman–Crippen MR) is 121 cm³/mol. The Morgan fingerprint density at radius 1 is 1.31 bits per heavy atom. The van der Waals surface area contributed by atoms with Crippen LogP contribution in [-0.2, 0) is 11.3 Å². The van der Waals surface area contributed by atoms with Crippen molar-refractivity contribution in [2.45, 2.75) is 18.6 Å². The summed E-state index contributed by atoms with van der Waals surface area (Å²) < 4.78 is 4.49. The number of thiazole rings is 2. The molecule has 0 radical (unpaired) electrons. The number of hydrogen-bond acceptors (Lipinski definition) is 8. The SMILES string of the molecule is CCn1c(=S)sc2c(=O)n(-c3ccccc3)c(SCC(=O)Nc3nccs3)nc21. The van der Waals surface area contributed by atoms with Crippen molar-refractivity contribution in [2.75, 3.05) is 11.1 Å². The van der Waals surface area contributed by atoms with Gasteiger partial charge < -0.3 is 9.88 Å². The highest BCUT2D eigenvalue weighted by molar-refractivity contribution is 7.99. The number of nitrogens with zero attached hydrogens (tertiary/aromatic N) is 4. The summed E-state index contributed by atoms with van der Waals surface area (Å²) in [6.45, 7) is 2.58. The molecule has 1 aromatic carbocycles. The molecule has 3 heterocycles. The minimum atomic E-state index is -0.212. The van der Waals surface area contributed by atoms with Crippen LogP contribution in [0.15, 0.2) is 51.9 Å². The van der Waals surface area contributed by atoms with E-state index in [9.17, 15) is 9.59 Å². The number of benzene rings is 1. The van der Waals surface area contributed by atoms with E-state index >= 15 is 0 Å². The summed E-state index contributed by atoms with van der Waals surface area (Å²) in [5.74, 6) is -0.113. The van der Waals surface area contributed by atoms with Crippen LogP contribution in [0.1, 0.15) is 6.92 Å². The molecule has 0 aliphatic heterocycles. The number of fused-ring (bicyclic) bond motifs is 1. The topological polar surface area (TPSA) is 81.8 Å². The summed E-state index contributed by atoms with van der Waals surface area (Å²) in [7, 11) is 0. The number of carbonyl (C=O) groups excluding carboxylic acids is 1. The highest BCUT2D eigenvalue weighted by Crippen LogP contribution is 2.25. The molecular weight excluding hydrogens is 446 g/mol. The molecule has 3 aromatic heterocycles. The maximum absolute atomic E-state index is 13.3. The van der Waals surface area contributed by atoms with Crippen LogP contribution in [0.4, 0.5) is 5.13 Å². The zero-order chi connectivity index (χ0) is 20.4. The lowest BCUT2D eigenvalue weighted by molar-refractivity contribution is -0.113. The van der Waals surface area contributed by atoms with Gasteiger partial charge in [-0.25, -0.2) is 9.97 Å². The van der Waals surface area contributed by atoms with Crippen LogP contribution in [-0.4, -0.2) is 30.8 Å². The van der Waals surface area contributed by atoms with Gasteiger partial charge in [-0.1, -0.05) is 41.3 Å². The van der Waals surface area contributed by atoms with Crippen molar-refractivity contribution >= 4 is 68.0 Å². The molecule has 7 nitrogen and oxygen atoms in total. The second-order valence-corrected chi connectivity index (χ2v) is 9.29. The number of rotatable bonds is 6. The molecule has 4 rings (SSSR count). The molecule has 4 aromatic rings. The third-order valence-electron chi connectivity index (χ3n) is 4.00. The average Bonchev–Trinajstić information content (AvgIpc) is 3.34. The Labute approximate surface area is 183 Å². The molecule has 0 spiro atoms. The van der Waals surface area contributed by atoms with Gasteiger partial charge in [-0.3, -0.25) is 14.2 Å². The summed E-state index contributed by atoms with van der Waals surface area (Å²) in [6, 6.07) is 9.27. The minimum Gasteiger partial charge on any atom is -0.308 e. The standard InChI is InChI=1S/C18H15N5O2S4/c1-2-22-14-13(29-18(22)26)15(25)23(11-6-4-3-5-7-11)17(21-14)28-10-12(24)20-16-19-8-9-27-16/h3-9H,2,10H2,1H3,(H,19,20,24). The van der Waals surface area contributed by atoms with E-state index in [1.54, 1.807) is 11.6 Å². The second kappa shape index (κ2) is 8.57. The highest BCUT2D eigenvalue weighted by atomic mass is 32.2. The zero-order valence-corrected chi connectivity index (χ0v) is 18.5. The van der Waals surface area contributed by atoms with Gasteiger partial charge >= 0.3 is 0 Å². The van der Waals surface area contributed by atoms with Crippen molar-refractivity contribution in [1.29, 1.82) is 0 Å². The van der Waals surface area contributed by atoms with E-state index in [4.69, 9.17) is 17.2 Å². The van der Waals surface area contributed by atoms with E-state index in [2.05, 4.69) is 10.3 Å². The molecule has 0 fully saturated rings. The molecule has 148 valence electrons. The first-order valence-corrected chi connectivity index (χ1v) is 11.7. The van der Waals surface area contributed by atoms with Gasteiger partial charge in [-0.15, -0.1) is 11.3 Å². The number of carbonyl (C=O) groups is 1. The fourth-order valence-electron chi connectivity index (χ4n) is 2.73. The molecule has 0 aliphatic carbocycles. The average molecular weight is 462 g/mol. The third kappa shape index (κ3) is 4.04. The van der Waals surface area contributed by atoms with Crippen LogP contribution in [0.2, 0.25) is 0 Å². The number of para-hydroxylation sites is 1. The molecular formula is C18H15N5O2S4. The van der Waals surface area contributed by atoms with Crippen molar-refractivity contribution in [3.05, 3.63) is 56.2 Å². The summed E-state index contributed by atoms with van der Waals surface area (Å²) in [6.07, 6.45) is 1.63. The molecule has 0 unspecified atom stereocenters. The number of amides is 1. The van der Waals surface area contributed by atoms with E-state index in [0.29, 0.717) is 36.8 Å². The summed E-state index contributed by atoms with van der Waals surface area (Å²) >= 11 is 9.21. The summed E-state index contributed by atoms with van der Waals surface area (Å²) in [5, 5.41) is 5.51. The van der Waals surface area contributed by atoms with Crippen LogP contribution in [0.25, 0.3) is 16.0 Å². The van der Waals surface area contributed by atoms with Crippen LogP contribution in [0.3, 0.4) is 0 Å². The van der Waals surface area contributed by atoms with Gasteiger partial charge in [0.1, 0.15) is 4.70 Å². The lowest BCUT2D eigenvalue weighted by Crippen LogP contribution is -2.22. The van der Waals surface area contributed by atoms with E-state index in [1.807, 2.05) is 41.8 Å². The van der Waals surface area contributed by atoms with Gasteiger partial charge in [-0.2, -0.15) is 0 Å². The molecule has 0 bridgehead atoms. The number of thioether (sulfide) groups is 1. The molecule has 1 amide bonds. The van der Waals surface area contributed by atoms with E-state index < -0.39 is 0 Å². The fraction of sp³-hybridized carbons (Fsp3) is 0.167. The number of aromatic nitrogens is 4. The Morgan fingerprint density at radius 3 is 2.79 bits per heavy atom. The van der Waals surface area contributed by atoms with Gasteiger partial charge in [0.2, 0.25) is 5.91 Å². The Morgan fingerprint density at radius 2 is 2.10 bits per heavy atom. The first kappa shape index (κ1) is 20.0. The first-order chi connectivity index (χ1) is 14.1. The lowest BCUT2D eigenvalue weighted by atomic mass is 10.3. The zero-order valence-electron chi connectivity index (χ0n) is 15.2. The van der Waals surface area contributed by atoms with Crippen molar-refractivity contribution in [1.82, 2.24) is 19.1 Å². The van der Waals surface area contributed by atoms with Gasteiger partial charge in [0.15, 0.2) is 19.9 Å². The molecule has 0 atom stereocenters. The normalized spacial score (nSPS) is 11.1. The fourth-order valence-corrected chi connectivity index (χ4v) is 5.47. The molecule has 0 aliphatic rings. The largest absolute Gasteiger partial charge is 0.308 e. The molecule has 0 saturated heterocycles. The van der Waals surface area contributed by atoms with Crippen LogP contribution in [0, 0.1) is 3.95 Å². The second-order valence-electron chi connectivity index (χ2n) is 5.81. The number of hydrogen-bond donors (Lipinski definition) is 1. The predicted octanol–water partition coefficient (Wildman–Crippen LogP) is 4.19. The smallest absolute Gasteiger partial charge is 0.278 e. The van der Waals surface area contributed by atoms with Gasteiger partial charge in [0.05, 0.1) is 11.4 Å². The monoisotopic (exact) mass is 461 g/mol. The highest BCUT2D eigenvalue weighted by Gasteiger charge is 2.18. The Kier molecular flexibility index (Phi) is 5.90. The van der Waals surface area contributed by atoms with Crippen molar-refractivity contribution in [3.8, 4) is 5.69 Å². The van der Waals surface area contributed by atoms with E-state index in [-0.39, 0.29) is 17.2 Å². The summed E-state index contributed by atoms with van der Waals surface area (Å²) in [5.41, 5.74) is 1.06.